The topological polar surface area (TPSA) is 69.7 Å². The summed E-state index contributed by atoms with van der Waals surface area (Å²) in [5.74, 6) is -1.04. The Labute approximate surface area is 115 Å². The van der Waals surface area contributed by atoms with Crippen LogP contribution in [0.4, 0.5) is 0 Å². The first-order chi connectivity index (χ1) is 9.62. The smallest absolute Gasteiger partial charge is 0.338 e. The van der Waals surface area contributed by atoms with E-state index in [1.54, 1.807) is 24.3 Å². The van der Waals surface area contributed by atoms with E-state index >= 15 is 0 Å². The minimum absolute atomic E-state index is 0.195. The summed E-state index contributed by atoms with van der Waals surface area (Å²) in [4.78, 5) is 34.3. The van der Waals surface area contributed by atoms with Crippen molar-refractivity contribution < 1.29 is 23.9 Å². The molecule has 102 valence electrons. The summed E-state index contributed by atoms with van der Waals surface area (Å²) in [5, 5.41) is 1.25. The SMILES string of the molecule is COC(=O)c1ccc2c(C=O)c(C(=O)OC)ccc2c1. The van der Waals surface area contributed by atoms with Gasteiger partial charge in [0, 0.05) is 5.56 Å². The Morgan fingerprint density at radius 3 is 2.30 bits per heavy atom. The van der Waals surface area contributed by atoms with Gasteiger partial charge in [-0.3, -0.25) is 4.79 Å². The van der Waals surface area contributed by atoms with Crippen LogP contribution in [0.3, 0.4) is 0 Å². The number of ether oxygens (including phenoxy) is 2. The number of rotatable bonds is 3. The lowest BCUT2D eigenvalue weighted by molar-refractivity contribution is 0.0591. The van der Waals surface area contributed by atoms with Crippen LogP contribution < -0.4 is 0 Å². The maximum Gasteiger partial charge on any atom is 0.338 e. The number of methoxy groups -OCH3 is 2. The zero-order valence-corrected chi connectivity index (χ0v) is 11.0. The van der Waals surface area contributed by atoms with Gasteiger partial charge in [0.25, 0.3) is 0 Å². The van der Waals surface area contributed by atoms with E-state index in [9.17, 15) is 14.4 Å². The van der Waals surface area contributed by atoms with Crippen LogP contribution in [0.25, 0.3) is 10.8 Å². The summed E-state index contributed by atoms with van der Waals surface area (Å²) in [7, 11) is 2.55. The molecule has 0 aliphatic heterocycles. The lowest BCUT2D eigenvalue weighted by atomic mass is 9.98. The number of esters is 2. The lowest BCUT2D eigenvalue weighted by Crippen LogP contribution is -2.06. The molecular weight excluding hydrogens is 260 g/mol. The molecule has 0 N–H and O–H groups in total. The highest BCUT2D eigenvalue weighted by Crippen LogP contribution is 2.23. The molecule has 0 radical (unpaired) electrons. The van der Waals surface area contributed by atoms with Crippen molar-refractivity contribution in [2.45, 2.75) is 0 Å². The van der Waals surface area contributed by atoms with E-state index in [0.717, 1.165) is 0 Å². The monoisotopic (exact) mass is 272 g/mol. The number of aldehydes is 1. The Morgan fingerprint density at radius 1 is 1.00 bits per heavy atom. The van der Waals surface area contributed by atoms with Crippen molar-refractivity contribution in [2.24, 2.45) is 0 Å². The number of benzene rings is 2. The second-order valence-corrected chi connectivity index (χ2v) is 4.06. The summed E-state index contributed by atoms with van der Waals surface area (Å²) >= 11 is 0. The largest absolute Gasteiger partial charge is 0.465 e. The average molecular weight is 272 g/mol. The molecule has 5 heteroatoms. The van der Waals surface area contributed by atoms with Gasteiger partial charge in [-0.2, -0.15) is 0 Å². The first-order valence-corrected chi connectivity index (χ1v) is 5.81. The van der Waals surface area contributed by atoms with Crippen LogP contribution in [-0.2, 0) is 9.47 Å². The van der Waals surface area contributed by atoms with E-state index in [4.69, 9.17) is 0 Å². The van der Waals surface area contributed by atoms with Gasteiger partial charge in [0.05, 0.1) is 25.3 Å². The van der Waals surface area contributed by atoms with Gasteiger partial charge in [-0.05, 0) is 29.0 Å². The molecule has 0 aliphatic rings. The molecule has 2 aromatic rings. The Kier molecular flexibility index (Phi) is 3.79. The van der Waals surface area contributed by atoms with Gasteiger partial charge >= 0.3 is 11.9 Å². The van der Waals surface area contributed by atoms with Crippen LogP contribution in [-0.4, -0.2) is 32.4 Å². The molecule has 0 saturated heterocycles. The summed E-state index contributed by atoms with van der Waals surface area (Å²) in [6, 6.07) is 7.91. The molecule has 0 heterocycles. The van der Waals surface area contributed by atoms with E-state index in [2.05, 4.69) is 9.47 Å². The summed E-state index contributed by atoms with van der Waals surface area (Å²) in [6.07, 6.45) is 0.604. The molecule has 0 spiro atoms. The van der Waals surface area contributed by atoms with Crippen molar-refractivity contribution in [3.8, 4) is 0 Å². The number of carbonyl (C=O) groups excluding carboxylic acids is 3. The van der Waals surface area contributed by atoms with Gasteiger partial charge in [-0.1, -0.05) is 12.1 Å². The van der Waals surface area contributed by atoms with E-state index in [-0.39, 0.29) is 11.1 Å². The fraction of sp³-hybridized carbons (Fsp3) is 0.133. The Hall–Kier alpha value is -2.69. The van der Waals surface area contributed by atoms with Crippen molar-refractivity contribution in [2.75, 3.05) is 14.2 Å². The number of hydrogen-bond donors (Lipinski definition) is 0. The normalized spacial score (nSPS) is 10.1. The molecule has 0 bridgehead atoms. The van der Waals surface area contributed by atoms with Crippen LogP contribution >= 0.6 is 0 Å². The van der Waals surface area contributed by atoms with Crippen LogP contribution in [0.15, 0.2) is 30.3 Å². The molecule has 5 nitrogen and oxygen atoms in total. The van der Waals surface area contributed by atoms with Crippen molar-refractivity contribution in [3.05, 3.63) is 47.0 Å². The summed E-state index contributed by atoms with van der Waals surface area (Å²) in [5.41, 5.74) is 0.814. The lowest BCUT2D eigenvalue weighted by Gasteiger charge is -2.08. The molecule has 2 aromatic carbocycles. The van der Waals surface area contributed by atoms with Gasteiger partial charge in [0.15, 0.2) is 6.29 Å². The predicted molar refractivity (Wildman–Crippen MR) is 72.0 cm³/mol. The van der Waals surface area contributed by atoms with E-state index in [1.165, 1.54) is 20.3 Å². The van der Waals surface area contributed by atoms with Crippen molar-refractivity contribution >= 4 is 29.0 Å². The van der Waals surface area contributed by atoms with Crippen LogP contribution in [0.5, 0.6) is 0 Å². The molecule has 0 fully saturated rings. The fourth-order valence-electron chi connectivity index (χ4n) is 2.01. The third kappa shape index (κ3) is 2.25. The predicted octanol–water partition coefficient (Wildman–Crippen LogP) is 2.23. The summed E-state index contributed by atoms with van der Waals surface area (Å²) in [6.45, 7) is 0. The first kappa shape index (κ1) is 13.7. The molecular formula is C15H12O5. The van der Waals surface area contributed by atoms with Gasteiger partial charge in [-0.15, -0.1) is 0 Å². The van der Waals surface area contributed by atoms with Gasteiger partial charge in [0.1, 0.15) is 0 Å². The third-order valence-corrected chi connectivity index (χ3v) is 3.01. The number of fused-ring (bicyclic) bond motifs is 1. The quantitative estimate of drug-likeness (QED) is 0.633. The zero-order chi connectivity index (χ0) is 14.7. The average Bonchev–Trinajstić information content (AvgIpc) is 2.51. The highest BCUT2D eigenvalue weighted by atomic mass is 16.5. The number of carbonyl (C=O) groups is 3. The highest BCUT2D eigenvalue weighted by Gasteiger charge is 2.15. The van der Waals surface area contributed by atoms with Gasteiger partial charge in [0.2, 0.25) is 0 Å². The highest BCUT2D eigenvalue weighted by molar-refractivity contribution is 6.09. The summed E-state index contributed by atoms with van der Waals surface area (Å²) < 4.78 is 9.27. The van der Waals surface area contributed by atoms with Gasteiger partial charge in [-0.25, -0.2) is 9.59 Å². The minimum Gasteiger partial charge on any atom is -0.465 e. The van der Waals surface area contributed by atoms with Crippen molar-refractivity contribution in [1.29, 1.82) is 0 Å². The third-order valence-electron chi connectivity index (χ3n) is 3.01. The Morgan fingerprint density at radius 2 is 1.70 bits per heavy atom. The molecule has 0 atom stereocenters. The second kappa shape index (κ2) is 5.52. The Bertz CT molecular complexity index is 703. The Balaban J connectivity index is 2.67. The standard InChI is InChI=1S/C15H12O5/c1-19-14(17)10-4-5-11-9(7-10)3-6-12(13(11)8-16)15(18)20-2/h3-8H,1-2H3. The molecule has 0 aliphatic carbocycles. The van der Waals surface area contributed by atoms with Crippen LogP contribution in [0.2, 0.25) is 0 Å². The van der Waals surface area contributed by atoms with Crippen molar-refractivity contribution in [3.63, 3.8) is 0 Å². The van der Waals surface area contributed by atoms with E-state index in [1.807, 2.05) is 0 Å². The maximum absolute atomic E-state index is 11.6. The molecule has 0 aromatic heterocycles. The minimum atomic E-state index is -0.578. The molecule has 2 rings (SSSR count). The fourth-order valence-corrected chi connectivity index (χ4v) is 2.01. The van der Waals surface area contributed by atoms with Gasteiger partial charge < -0.3 is 9.47 Å². The van der Waals surface area contributed by atoms with Crippen molar-refractivity contribution in [1.82, 2.24) is 0 Å². The van der Waals surface area contributed by atoms with Crippen LogP contribution in [0.1, 0.15) is 31.1 Å². The molecule has 0 saturated carbocycles. The zero-order valence-electron chi connectivity index (χ0n) is 11.0. The van der Waals surface area contributed by atoms with E-state index < -0.39 is 11.9 Å². The molecule has 20 heavy (non-hydrogen) atoms. The molecule has 0 unspecified atom stereocenters. The van der Waals surface area contributed by atoms with E-state index in [0.29, 0.717) is 22.6 Å². The second-order valence-electron chi connectivity index (χ2n) is 4.06. The number of hydrogen-bond acceptors (Lipinski definition) is 5. The molecule has 0 amide bonds. The maximum atomic E-state index is 11.6. The van der Waals surface area contributed by atoms with Crippen LogP contribution in [0, 0.1) is 0 Å². The first-order valence-electron chi connectivity index (χ1n) is 5.81.